The maximum atomic E-state index is 13.3. The predicted molar refractivity (Wildman–Crippen MR) is 152 cm³/mol. The number of carbonyl (C=O) groups excluding carboxylic acids is 2. The van der Waals surface area contributed by atoms with Crippen molar-refractivity contribution in [2.45, 2.75) is 32.2 Å². The Morgan fingerprint density at radius 2 is 0.979 bits per heavy atom. The van der Waals surface area contributed by atoms with Crippen LogP contribution < -0.4 is 10.6 Å². The van der Waals surface area contributed by atoms with Gasteiger partial charge in [0.1, 0.15) is 49.9 Å². The van der Waals surface area contributed by atoms with E-state index in [2.05, 4.69) is 45.5 Å². The molecule has 7 aromatic rings. The number of hydrogen-bond acceptors (Lipinski definition) is 16. The van der Waals surface area contributed by atoms with Gasteiger partial charge in [-0.25, -0.2) is 34.9 Å². The van der Waals surface area contributed by atoms with Gasteiger partial charge in [0.15, 0.2) is 39.9 Å². The van der Waals surface area contributed by atoms with Gasteiger partial charge in [-0.2, -0.15) is 0 Å². The van der Waals surface area contributed by atoms with Crippen LogP contribution in [0.2, 0.25) is 0 Å². The molecule has 8 heterocycles. The molecule has 8 rings (SSSR count). The molecule has 0 unspecified atom stereocenters. The van der Waals surface area contributed by atoms with Gasteiger partial charge in [0.2, 0.25) is 47.1 Å². The smallest absolute Gasteiger partial charge is 0.273 e. The number of hydrogen-bond donors (Lipinski definition) is 2. The lowest BCUT2D eigenvalue weighted by molar-refractivity contribution is -0.118. The lowest BCUT2D eigenvalue weighted by atomic mass is 10.1. The Bertz CT molecular complexity index is 2210. The zero-order chi connectivity index (χ0) is 31.9. The summed E-state index contributed by atoms with van der Waals surface area (Å²) in [7, 11) is 0. The lowest BCUT2D eigenvalue weighted by Gasteiger charge is -2.14. The van der Waals surface area contributed by atoms with Gasteiger partial charge in [0.05, 0.1) is 0 Å². The normalized spacial score (nSPS) is 14.1. The molecule has 18 nitrogen and oxygen atoms in total. The monoisotopic (exact) mass is 639 g/mol. The first-order chi connectivity index (χ1) is 23.0. The van der Waals surface area contributed by atoms with Crippen LogP contribution in [-0.4, -0.2) is 53.2 Å². The largest absolute Gasteiger partial charge is 0.446 e. The average Bonchev–Trinajstić information content (AvgIpc) is 3.91. The van der Waals surface area contributed by atoms with Crippen LogP contribution in [-0.2, 0) is 4.79 Å². The summed E-state index contributed by atoms with van der Waals surface area (Å²) in [5.74, 6) is 0.256. The number of nitrogens with one attached hydrogen (secondary N) is 2. The van der Waals surface area contributed by atoms with Crippen molar-refractivity contribution in [1.82, 2.24) is 45.5 Å². The van der Waals surface area contributed by atoms with Crippen LogP contribution in [0.5, 0.6) is 0 Å². The summed E-state index contributed by atoms with van der Waals surface area (Å²) >= 11 is 0. The Morgan fingerprint density at radius 1 is 0.596 bits per heavy atom. The van der Waals surface area contributed by atoms with Crippen LogP contribution in [0.3, 0.4) is 0 Å². The highest BCUT2D eigenvalue weighted by Crippen LogP contribution is 2.31. The number of nitrogens with zero attached hydrogens (tertiary/aromatic N) is 7. The predicted octanol–water partition coefficient (Wildman–Crippen LogP) is 4.70. The van der Waals surface area contributed by atoms with E-state index < -0.39 is 11.9 Å². The summed E-state index contributed by atoms with van der Waals surface area (Å²) in [6.45, 7) is 1.93. The topological polar surface area (TPSA) is 240 Å². The molecular formula is C29H21N9O9. The quantitative estimate of drug-likeness (QED) is 0.243. The molecule has 0 aliphatic carbocycles. The van der Waals surface area contributed by atoms with Crippen LogP contribution in [0.25, 0.3) is 69.5 Å². The molecule has 47 heavy (non-hydrogen) atoms. The Morgan fingerprint density at radius 3 is 1.43 bits per heavy atom. The molecule has 14 bridgehead atoms. The van der Waals surface area contributed by atoms with E-state index in [4.69, 9.17) is 30.9 Å². The molecule has 0 fully saturated rings. The summed E-state index contributed by atoms with van der Waals surface area (Å²) in [5, 5.41) is 5.65. The van der Waals surface area contributed by atoms with E-state index in [9.17, 15) is 9.59 Å². The average molecular weight is 640 g/mol. The van der Waals surface area contributed by atoms with Gasteiger partial charge < -0.3 is 41.6 Å². The molecule has 18 heteroatoms. The molecule has 7 aromatic heterocycles. The first-order valence-electron chi connectivity index (χ1n) is 14.2. The molecule has 0 aromatic carbocycles. The SMILES string of the molecule is CC(=O)NCCCC[C@@H]1NC(=O)c2coc(n2)-c2coc(n2)-c2coc(n2)-c2coc(n2)-c2coc(n2)-c2coc(n2)-c2coc1n2. The van der Waals surface area contributed by atoms with Crippen molar-refractivity contribution >= 4 is 11.8 Å². The van der Waals surface area contributed by atoms with E-state index in [1.54, 1.807) is 0 Å². The van der Waals surface area contributed by atoms with E-state index in [1.807, 2.05) is 0 Å². The molecule has 1 aliphatic heterocycles. The summed E-state index contributed by atoms with van der Waals surface area (Å²) in [5.41, 5.74) is 1.62. The molecule has 0 radical (unpaired) electrons. The Labute approximate surface area is 261 Å². The first kappa shape index (κ1) is 27.9. The van der Waals surface area contributed by atoms with Gasteiger partial charge >= 0.3 is 0 Å². The number of carbonyl (C=O) groups is 2. The summed E-state index contributed by atoms with van der Waals surface area (Å²) in [6, 6.07) is -0.672. The summed E-state index contributed by atoms with van der Waals surface area (Å²) < 4.78 is 39.3. The highest BCUT2D eigenvalue weighted by atomic mass is 16.4. The molecule has 0 saturated heterocycles. The zero-order valence-corrected chi connectivity index (χ0v) is 24.3. The van der Waals surface area contributed by atoms with Crippen LogP contribution in [0.4, 0.5) is 0 Å². The number of aromatic nitrogens is 7. The molecule has 2 N–H and O–H groups in total. The third kappa shape index (κ3) is 5.47. The fourth-order valence-corrected chi connectivity index (χ4v) is 4.72. The standard InChI is InChI=1S/C29H21N9O9/c1-13(39)30-5-3-2-4-14-23-33-17(7-42-23)25-35-19(9-44-25)27-37-21(11-46-27)29-38-20(12-47-29)28-36-18(10-45-28)26-34-16(8-43-26)24-32-15(6-41-24)22(40)31-14/h6-12,14H,2-5H2,1H3,(H,30,39)(H,31,40)/t14-/m0/s1. The van der Waals surface area contributed by atoms with Crippen molar-refractivity contribution in [3.05, 3.63) is 55.4 Å². The fourth-order valence-electron chi connectivity index (χ4n) is 4.72. The maximum absolute atomic E-state index is 13.3. The number of oxazole rings is 7. The first-order valence-corrected chi connectivity index (χ1v) is 14.2. The summed E-state index contributed by atoms with van der Waals surface area (Å²) in [4.78, 5) is 55.4. The molecular weight excluding hydrogens is 618 g/mol. The lowest BCUT2D eigenvalue weighted by Crippen LogP contribution is -2.29. The van der Waals surface area contributed by atoms with Crippen molar-refractivity contribution in [2.24, 2.45) is 0 Å². The van der Waals surface area contributed by atoms with Crippen molar-refractivity contribution < 1.29 is 40.5 Å². The van der Waals surface area contributed by atoms with Crippen molar-refractivity contribution in [2.75, 3.05) is 6.54 Å². The van der Waals surface area contributed by atoms with Gasteiger partial charge in [0.25, 0.3) is 5.91 Å². The molecule has 236 valence electrons. The molecule has 0 spiro atoms. The Kier molecular flexibility index (Phi) is 6.77. The van der Waals surface area contributed by atoms with Crippen LogP contribution in [0, 0.1) is 0 Å². The minimum absolute atomic E-state index is 0.0118. The van der Waals surface area contributed by atoms with E-state index in [0.717, 1.165) is 0 Å². The Hall–Kier alpha value is -6.59. The van der Waals surface area contributed by atoms with E-state index >= 15 is 0 Å². The zero-order valence-electron chi connectivity index (χ0n) is 24.3. The van der Waals surface area contributed by atoms with Gasteiger partial charge in [-0.05, 0) is 19.3 Å². The van der Waals surface area contributed by atoms with Crippen LogP contribution in [0.15, 0.2) is 74.8 Å². The van der Waals surface area contributed by atoms with Crippen LogP contribution in [0.1, 0.15) is 48.6 Å². The van der Waals surface area contributed by atoms with Crippen molar-refractivity contribution in [3.63, 3.8) is 0 Å². The number of unbranched alkanes of at least 4 members (excludes halogenated alkanes) is 1. The van der Waals surface area contributed by atoms with E-state index in [0.29, 0.717) is 31.5 Å². The summed E-state index contributed by atoms with van der Waals surface area (Å²) in [6.07, 6.45) is 11.0. The molecule has 1 atom stereocenters. The molecule has 2 amide bonds. The molecule has 0 saturated carbocycles. The second-order valence-corrected chi connectivity index (χ2v) is 10.3. The fraction of sp³-hybridized carbons (Fsp3) is 0.207. The van der Waals surface area contributed by atoms with Crippen molar-refractivity contribution in [3.8, 4) is 69.5 Å². The minimum atomic E-state index is -0.672. The number of amides is 2. The molecule has 1 aliphatic rings. The van der Waals surface area contributed by atoms with Gasteiger partial charge in [-0.15, -0.1) is 0 Å². The van der Waals surface area contributed by atoms with Crippen molar-refractivity contribution in [1.29, 1.82) is 0 Å². The second-order valence-electron chi connectivity index (χ2n) is 10.3. The number of fused-ring (bicyclic) bond motifs is 20. The Balaban J connectivity index is 1.15. The minimum Gasteiger partial charge on any atom is -0.446 e. The van der Waals surface area contributed by atoms with Gasteiger partial charge in [-0.1, -0.05) is 0 Å². The second kappa shape index (κ2) is 11.4. The van der Waals surface area contributed by atoms with Gasteiger partial charge in [0, 0.05) is 13.5 Å². The van der Waals surface area contributed by atoms with E-state index in [1.165, 1.54) is 50.8 Å². The third-order valence-electron chi connectivity index (χ3n) is 6.99. The highest BCUT2D eigenvalue weighted by Gasteiger charge is 2.26. The maximum Gasteiger partial charge on any atom is 0.273 e. The third-order valence-corrected chi connectivity index (χ3v) is 6.99. The van der Waals surface area contributed by atoms with Crippen LogP contribution >= 0.6 is 0 Å². The highest BCUT2D eigenvalue weighted by molar-refractivity contribution is 5.92. The number of rotatable bonds is 5. The van der Waals surface area contributed by atoms with Gasteiger partial charge in [-0.3, -0.25) is 9.59 Å². The van der Waals surface area contributed by atoms with E-state index in [-0.39, 0.29) is 81.3 Å².